The van der Waals surface area contributed by atoms with Crippen LogP contribution in [-0.2, 0) is 14.6 Å². The number of ether oxygens (including phenoxy) is 3. The second-order valence-corrected chi connectivity index (χ2v) is 9.84. The SMILES string of the molecule is NC(=S)c1ccc(OC(=O)c2ccccc2OC(=O)CCOc2nonc2S(=O)(=O)c2ccccc2)cc1. The molecule has 0 bridgehead atoms. The first-order chi connectivity index (χ1) is 18.3. The van der Waals surface area contributed by atoms with Gasteiger partial charge in [-0.15, -0.1) is 0 Å². The lowest BCUT2D eigenvalue weighted by Gasteiger charge is -2.10. The molecule has 3 aromatic carbocycles. The summed E-state index contributed by atoms with van der Waals surface area (Å²) in [5.74, 6) is -1.69. The molecule has 13 heteroatoms. The summed E-state index contributed by atoms with van der Waals surface area (Å²) in [6.07, 6.45) is -0.304. The van der Waals surface area contributed by atoms with Crippen LogP contribution in [0.1, 0.15) is 22.3 Å². The number of nitrogens with two attached hydrogens (primary N) is 1. The standard InChI is InChI=1S/C25H19N3O8S2/c26-22(37)16-10-12-17(13-11-16)34-25(30)19-8-4-5-9-20(19)35-21(29)14-15-33-23-24(28-36-27-23)38(31,32)18-6-2-1-3-7-18/h1-13H,14-15H2,(H2,26,37). The maximum absolute atomic E-state index is 12.7. The van der Waals surface area contributed by atoms with Gasteiger partial charge in [0, 0.05) is 5.56 Å². The highest BCUT2D eigenvalue weighted by Crippen LogP contribution is 2.26. The predicted molar refractivity (Wildman–Crippen MR) is 136 cm³/mol. The van der Waals surface area contributed by atoms with Crippen molar-refractivity contribution in [1.82, 2.24) is 10.3 Å². The van der Waals surface area contributed by atoms with Crippen molar-refractivity contribution >= 4 is 39.0 Å². The van der Waals surface area contributed by atoms with E-state index in [1.54, 1.807) is 42.5 Å². The summed E-state index contributed by atoms with van der Waals surface area (Å²) in [4.78, 5) is 25.3. The van der Waals surface area contributed by atoms with E-state index in [1.165, 1.54) is 36.4 Å². The van der Waals surface area contributed by atoms with Crippen molar-refractivity contribution in [1.29, 1.82) is 0 Å². The molecule has 0 fully saturated rings. The van der Waals surface area contributed by atoms with Crippen molar-refractivity contribution in [2.45, 2.75) is 16.3 Å². The second-order valence-electron chi connectivity index (χ2n) is 7.54. The van der Waals surface area contributed by atoms with E-state index >= 15 is 0 Å². The first kappa shape index (κ1) is 26.4. The van der Waals surface area contributed by atoms with Gasteiger partial charge >= 0.3 is 11.9 Å². The molecule has 0 atom stereocenters. The third-order valence-corrected chi connectivity index (χ3v) is 6.85. The van der Waals surface area contributed by atoms with Gasteiger partial charge in [0.15, 0.2) is 0 Å². The number of para-hydroxylation sites is 1. The van der Waals surface area contributed by atoms with Crippen LogP contribution in [-0.4, -0.2) is 42.3 Å². The molecule has 0 unspecified atom stereocenters. The molecule has 4 aromatic rings. The van der Waals surface area contributed by atoms with Gasteiger partial charge in [-0.25, -0.2) is 17.8 Å². The van der Waals surface area contributed by atoms with E-state index in [-0.39, 0.29) is 40.0 Å². The summed E-state index contributed by atoms with van der Waals surface area (Å²) in [6, 6.07) is 19.8. The Hall–Kier alpha value is -4.62. The minimum absolute atomic E-state index is 0.0112. The van der Waals surface area contributed by atoms with Crippen LogP contribution in [0.4, 0.5) is 0 Å². The fourth-order valence-electron chi connectivity index (χ4n) is 3.11. The third-order valence-electron chi connectivity index (χ3n) is 4.96. The lowest BCUT2D eigenvalue weighted by Crippen LogP contribution is -2.17. The molecule has 0 aliphatic rings. The Kier molecular flexibility index (Phi) is 8.09. The predicted octanol–water partition coefficient (Wildman–Crippen LogP) is 3.13. The second kappa shape index (κ2) is 11.6. The minimum atomic E-state index is -4.05. The zero-order chi connectivity index (χ0) is 27.1. The highest BCUT2D eigenvalue weighted by molar-refractivity contribution is 7.91. The lowest BCUT2D eigenvalue weighted by atomic mass is 10.2. The van der Waals surface area contributed by atoms with Gasteiger partial charge in [0.25, 0.3) is 10.9 Å². The molecule has 0 amide bonds. The van der Waals surface area contributed by atoms with Crippen LogP contribution in [0.3, 0.4) is 0 Å². The Morgan fingerprint density at radius 1 is 0.895 bits per heavy atom. The van der Waals surface area contributed by atoms with Crippen LogP contribution in [0.2, 0.25) is 0 Å². The summed E-state index contributed by atoms with van der Waals surface area (Å²) in [5.41, 5.74) is 6.19. The topological polar surface area (TPSA) is 161 Å². The number of carbonyl (C=O) groups is 2. The number of sulfone groups is 1. The number of esters is 2. The number of carbonyl (C=O) groups excluding carboxylic acids is 2. The van der Waals surface area contributed by atoms with E-state index in [0.29, 0.717) is 5.56 Å². The molecule has 0 aliphatic carbocycles. The Balaban J connectivity index is 1.36. The van der Waals surface area contributed by atoms with Crippen molar-refractivity contribution in [3.05, 3.63) is 90.0 Å². The summed E-state index contributed by atoms with van der Waals surface area (Å²) in [5, 5.41) is 6.37. The van der Waals surface area contributed by atoms with Crippen LogP contribution < -0.4 is 19.9 Å². The van der Waals surface area contributed by atoms with E-state index in [0.717, 1.165) is 0 Å². The Morgan fingerprint density at radius 2 is 1.58 bits per heavy atom. The number of thiocarbonyl (C=S) groups is 1. The van der Waals surface area contributed by atoms with E-state index in [9.17, 15) is 18.0 Å². The van der Waals surface area contributed by atoms with Gasteiger partial charge in [-0.1, -0.05) is 42.5 Å². The van der Waals surface area contributed by atoms with E-state index in [1.807, 2.05) is 0 Å². The summed E-state index contributed by atoms with van der Waals surface area (Å²) < 4.78 is 46.0. The molecule has 194 valence electrons. The van der Waals surface area contributed by atoms with E-state index in [2.05, 4.69) is 14.9 Å². The Labute approximate surface area is 222 Å². The van der Waals surface area contributed by atoms with Gasteiger partial charge in [-0.3, -0.25) is 4.79 Å². The molecular formula is C25H19N3O8S2. The zero-order valence-electron chi connectivity index (χ0n) is 19.5. The molecule has 0 saturated carbocycles. The van der Waals surface area contributed by atoms with Crippen molar-refractivity contribution in [3.63, 3.8) is 0 Å². The largest absolute Gasteiger partial charge is 0.473 e. The van der Waals surface area contributed by atoms with Gasteiger partial charge < -0.3 is 19.9 Å². The monoisotopic (exact) mass is 553 g/mol. The van der Waals surface area contributed by atoms with Gasteiger partial charge in [-0.2, -0.15) is 0 Å². The fourth-order valence-corrected chi connectivity index (χ4v) is 4.45. The Morgan fingerprint density at radius 3 is 2.29 bits per heavy atom. The highest BCUT2D eigenvalue weighted by atomic mass is 32.2. The van der Waals surface area contributed by atoms with E-state index < -0.39 is 32.7 Å². The number of aromatic nitrogens is 2. The molecule has 2 N–H and O–H groups in total. The van der Waals surface area contributed by atoms with Gasteiger partial charge in [0.05, 0.1) is 11.3 Å². The van der Waals surface area contributed by atoms with Crippen LogP contribution in [0.15, 0.2) is 93.4 Å². The Bertz CT molecular complexity index is 1570. The normalized spacial score (nSPS) is 10.9. The molecule has 0 aliphatic heterocycles. The maximum atomic E-state index is 12.7. The van der Waals surface area contributed by atoms with Crippen molar-refractivity contribution in [2.75, 3.05) is 6.61 Å². The van der Waals surface area contributed by atoms with Crippen LogP contribution in [0.5, 0.6) is 17.4 Å². The number of nitrogens with zero attached hydrogens (tertiary/aromatic N) is 2. The number of benzene rings is 3. The summed E-state index contributed by atoms with van der Waals surface area (Å²) in [7, 11) is -4.05. The maximum Gasteiger partial charge on any atom is 0.347 e. The molecule has 1 heterocycles. The number of rotatable bonds is 10. The van der Waals surface area contributed by atoms with Crippen LogP contribution in [0.25, 0.3) is 0 Å². The molecule has 0 radical (unpaired) electrons. The first-order valence-corrected chi connectivity index (χ1v) is 12.8. The first-order valence-electron chi connectivity index (χ1n) is 10.9. The number of hydrogen-bond acceptors (Lipinski definition) is 11. The molecule has 4 rings (SSSR count). The van der Waals surface area contributed by atoms with Gasteiger partial charge in [0.2, 0.25) is 9.84 Å². The van der Waals surface area contributed by atoms with Crippen LogP contribution >= 0.6 is 12.2 Å². The average molecular weight is 554 g/mol. The molecule has 0 saturated heterocycles. The highest BCUT2D eigenvalue weighted by Gasteiger charge is 2.28. The third kappa shape index (κ3) is 6.19. The van der Waals surface area contributed by atoms with Gasteiger partial charge in [-0.05, 0) is 58.8 Å². The van der Waals surface area contributed by atoms with Gasteiger partial charge in [0.1, 0.15) is 28.7 Å². The van der Waals surface area contributed by atoms with Crippen molar-refractivity contribution < 1.29 is 36.8 Å². The zero-order valence-corrected chi connectivity index (χ0v) is 21.1. The lowest BCUT2D eigenvalue weighted by molar-refractivity contribution is -0.134. The van der Waals surface area contributed by atoms with Crippen molar-refractivity contribution in [3.8, 4) is 17.4 Å². The molecule has 11 nitrogen and oxygen atoms in total. The van der Waals surface area contributed by atoms with Crippen molar-refractivity contribution in [2.24, 2.45) is 5.73 Å². The summed E-state index contributed by atoms with van der Waals surface area (Å²) >= 11 is 4.90. The van der Waals surface area contributed by atoms with E-state index in [4.69, 9.17) is 32.2 Å². The fraction of sp³-hybridized carbons (Fsp3) is 0.0800. The van der Waals surface area contributed by atoms with Crippen LogP contribution in [0, 0.1) is 0 Å². The average Bonchev–Trinajstić information content (AvgIpc) is 3.39. The molecule has 1 aromatic heterocycles. The molecule has 38 heavy (non-hydrogen) atoms. The quantitative estimate of drug-likeness (QED) is 0.174. The number of hydrogen-bond donors (Lipinski definition) is 1. The molecular weight excluding hydrogens is 534 g/mol. The minimum Gasteiger partial charge on any atom is -0.473 e. The molecule has 0 spiro atoms. The smallest absolute Gasteiger partial charge is 0.347 e. The summed E-state index contributed by atoms with van der Waals surface area (Å²) in [6.45, 7) is -0.299.